The number of aromatic nitrogens is 1. The van der Waals surface area contributed by atoms with Gasteiger partial charge in [0.1, 0.15) is 12.5 Å². The lowest BCUT2D eigenvalue weighted by Gasteiger charge is -2.36. The van der Waals surface area contributed by atoms with Gasteiger partial charge in [0.2, 0.25) is 0 Å². The van der Waals surface area contributed by atoms with Gasteiger partial charge in [-0.1, -0.05) is 19.3 Å². The van der Waals surface area contributed by atoms with Crippen molar-refractivity contribution in [3.63, 3.8) is 0 Å². The minimum absolute atomic E-state index is 0.000617. The van der Waals surface area contributed by atoms with Gasteiger partial charge in [0.05, 0.1) is 38.0 Å². The number of carboxylic acids is 1. The first kappa shape index (κ1) is 32.1. The predicted molar refractivity (Wildman–Crippen MR) is 176 cm³/mol. The number of benzene rings is 2. The zero-order chi connectivity index (χ0) is 33.0. The van der Waals surface area contributed by atoms with Crippen molar-refractivity contribution >= 4 is 40.4 Å². The number of ether oxygens (including phenoxy) is 3. The van der Waals surface area contributed by atoms with Crippen molar-refractivity contribution in [1.82, 2.24) is 9.88 Å². The van der Waals surface area contributed by atoms with E-state index in [9.17, 15) is 14.4 Å². The zero-order valence-electron chi connectivity index (χ0n) is 26.5. The summed E-state index contributed by atoms with van der Waals surface area (Å²) in [5, 5.41) is 15.8. The van der Waals surface area contributed by atoms with E-state index in [1.165, 1.54) is 25.3 Å². The van der Waals surface area contributed by atoms with Crippen LogP contribution in [0, 0.1) is 6.92 Å². The van der Waals surface area contributed by atoms with E-state index in [0.29, 0.717) is 35.2 Å². The predicted octanol–water partition coefficient (Wildman–Crippen LogP) is 6.32. The highest BCUT2D eigenvalue weighted by molar-refractivity contribution is 6.06. The molecule has 0 bridgehead atoms. The van der Waals surface area contributed by atoms with E-state index in [1.807, 2.05) is 18.2 Å². The Morgan fingerprint density at radius 2 is 1.85 bits per heavy atom. The van der Waals surface area contributed by atoms with Crippen LogP contribution in [0.15, 0.2) is 65.5 Å². The van der Waals surface area contributed by atoms with Gasteiger partial charge in [0.15, 0.2) is 5.54 Å². The summed E-state index contributed by atoms with van der Waals surface area (Å²) in [7, 11) is 0. The third-order valence-corrected chi connectivity index (χ3v) is 8.88. The Kier molecular flexibility index (Phi) is 9.46. The van der Waals surface area contributed by atoms with E-state index >= 15 is 0 Å². The molecule has 2 aromatic carbocycles. The average molecular weight is 642 g/mol. The molecule has 1 aliphatic heterocycles. The van der Waals surface area contributed by atoms with Gasteiger partial charge in [-0.2, -0.15) is 0 Å². The van der Waals surface area contributed by atoms with Gasteiger partial charge in [0, 0.05) is 51.5 Å². The number of amides is 2. The molecule has 11 nitrogen and oxygen atoms in total. The normalized spacial score (nSPS) is 16.7. The Morgan fingerprint density at radius 3 is 2.55 bits per heavy atom. The van der Waals surface area contributed by atoms with Gasteiger partial charge in [0.25, 0.3) is 11.8 Å². The van der Waals surface area contributed by atoms with Crippen LogP contribution in [0.4, 0.5) is 5.69 Å². The van der Waals surface area contributed by atoms with Crippen LogP contribution < -0.4 is 15.4 Å². The number of carboxylic acid groups (broad SMARTS) is 1. The summed E-state index contributed by atoms with van der Waals surface area (Å²) >= 11 is 0. The van der Waals surface area contributed by atoms with Gasteiger partial charge in [-0.25, -0.2) is 4.79 Å². The number of rotatable bonds is 10. The van der Waals surface area contributed by atoms with E-state index in [1.54, 1.807) is 43.7 Å². The largest absolute Gasteiger partial charge is 0.493 e. The first-order valence-corrected chi connectivity index (χ1v) is 15.9. The third-order valence-electron chi connectivity index (χ3n) is 8.88. The van der Waals surface area contributed by atoms with Gasteiger partial charge in [-0.3, -0.25) is 9.59 Å². The molecule has 2 aromatic heterocycles. The summed E-state index contributed by atoms with van der Waals surface area (Å²) in [4.78, 5) is 38.7. The van der Waals surface area contributed by atoms with Crippen LogP contribution >= 0.6 is 0 Å². The van der Waals surface area contributed by atoms with Crippen LogP contribution in [0.3, 0.4) is 0 Å². The number of carbonyl (C=O) groups is 3. The number of hydrogen-bond acceptors (Lipinski definition) is 7. The van der Waals surface area contributed by atoms with Gasteiger partial charge in [-0.15, -0.1) is 0 Å². The lowest BCUT2D eigenvalue weighted by Crippen LogP contribution is -2.64. The van der Waals surface area contributed by atoms with Crippen LogP contribution in [0.5, 0.6) is 5.75 Å². The van der Waals surface area contributed by atoms with E-state index in [-0.39, 0.29) is 20.0 Å². The molecule has 0 radical (unpaired) electrons. The molecule has 2 fully saturated rings. The Labute approximate surface area is 272 Å². The molecule has 0 unspecified atom stereocenters. The van der Waals surface area contributed by atoms with Crippen LogP contribution in [0.2, 0.25) is 0 Å². The number of anilines is 1. The summed E-state index contributed by atoms with van der Waals surface area (Å²) < 4.78 is 24.6. The highest BCUT2D eigenvalue weighted by atomic mass is 16.7. The maximum absolute atomic E-state index is 13.9. The number of nitrogens with one attached hydrogen (secondary N) is 2. The molecule has 2 aliphatic rings. The molecule has 0 spiro atoms. The van der Waals surface area contributed by atoms with Crippen LogP contribution in [-0.4, -0.2) is 59.6 Å². The molecule has 6 rings (SSSR count). The van der Waals surface area contributed by atoms with E-state index < -0.39 is 23.3 Å². The molecule has 3 heterocycles. The molecule has 246 valence electrons. The highest BCUT2D eigenvalue weighted by Gasteiger charge is 2.43. The monoisotopic (exact) mass is 641 g/mol. The Bertz CT molecular complexity index is 1790. The number of carbonyl (C=O) groups excluding carboxylic acids is 2. The number of aliphatic carboxylic acids is 1. The molecule has 1 saturated carbocycles. The summed E-state index contributed by atoms with van der Waals surface area (Å²) in [5.41, 5.74) is 4.06. The van der Waals surface area contributed by atoms with Crippen molar-refractivity contribution in [3.8, 4) is 17.0 Å². The fraction of sp³-hybridized carbons (Fsp3) is 0.361. The number of furan rings is 1. The maximum atomic E-state index is 13.9. The van der Waals surface area contributed by atoms with Crippen LogP contribution in [-0.2, 0) is 19.1 Å². The lowest BCUT2D eigenvalue weighted by molar-refractivity contribution is -0.157. The molecule has 1 aliphatic carbocycles. The molecule has 2 amide bonds. The zero-order valence-corrected chi connectivity index (χ0v) is 26.5. The summed E-state index contributed by atoms with van der Waals surface area (Å²) in [6, 6.07) is 12.9. The van der Waals surface area contributed by atoms with Crippen molar-refractivity contribution < 1.29 is 38.1 Å². The number of aryl methyl sites for hydroxylation is 1. The SMILES string of the molecule is CCOc1cc(NC(=O)C2(NC(=O)c3ccc4c(c3)c(C)c(-c3ccoc3)n4C3CCCCC3)COCOC2)ccc1/C=C/C(=O)O. The van der Waals surface area contributed by atoms with Crippen molar-refractivity contribution in [2.75, 3.05) is 31.9 Å². The Balaban J connectivity index is 1.29. The van der Waals surface area contributed by atoms with E-state index in [0.717, 1.165) is 46.6 Å². The van der Waals surface area contributed by atoms with Crippen molar-refractivity contribution in [3.05, 3.63) is 77.8 Å². The van der Waals surface area contributed by atoms with Crippen molar-refractivity contribution in [2.24, 2.45) is 0 Å². The first-order chi connectivity index (χ1) is 22.8. The number of hydrogen-bond donors (Lipinski definition) is 3. The molecule has 0 atom stereocenters. The fourth-order valence-corrected chi connectivity index (χ4v) is 6.61. The van der Waals surface area contributed by atoms with Crippen LogP contribution in [0.1, 0.15) is 66.6 Å². The molecule has 47 heavy (non-hydrogen) atoms. The summed E-state index contributed by atoms with van der Waals surface area (Å²) in [5.74, 6) is -1.65. The van der Waals surface area contributed by atoms with E-state index in [4.69, 9.17) is 23.7 Å². The van der Waals surface area contributed by atoms with Crippen molar-refractivity contribution in [1.29, 1.82) is 0 Å². The van der Waals surface area contributed by atoms with Gasteiger partial charge < -0.3 is 38.9 Å². The summed E-state index contributed by atoms with van der Waals surface area (Å²) in [6.45, 7) is 4.03. The smallest absolute Gasteiger partial charge is 0.328 e. The Morgan fingerprint density at radius 1 is 1.06 bits per heavy atom. The topological polar surface area (TPSA) is 141 Å². The summed E-state index contributed by atoms with van der Waals surface area (Å²) in [6.07, 6.45) is 11.7. The highest BCUT2D eigenvalue weighted by Crippen LogP contribution is 2.41. The lowest BCUT2D eigenvalue weighted by atomic mass is 9.94. The number of nitrogens with zero attached hydrogens (tertiary/aromatic N) is 1. The maximum Gasteiger partial charge on any atom is 0.328 e. The quantitative estimate of drug-likeness (QED) is 0.171. The molecular weight excluding hydrogens is 602 g/mol. The van der Waals surface area contributed by atoms with Gasteiger partial charge in [-0.05, 0) is 74.7 Å². The molecule has 4 aromatic rings. The number of fused-ring (bicyclic) bond motifs is 1. The first-order valence-electron chi connectivity index (χ1n) is 15.9. The minimum atomic E-state index is -1.51. The minimum Gasteiger partial charge on any atom is -0.493 e. The van der Waals surface area contributed by atoms with E-state index in [2.05, 4.69) is 22.1 Å². The average Bonchev–Trinajstić information content (AvgIpc) is 3.71. The molecule has 1 saturated heterocycles. The Hall–Kier alpha value is -4.87. The third kappa shape index (κ3) is 6.68. The fourth-order valence-electron chi connectivity index (χ4n) is 6.61. The standard InChI is InChI=1S/C36H39N3O8/c1-3-47-31-18-27(12-9-24(31)11-14-32(40)41)37-35(43)36(20-45-22-46-21-36)38-34(42)25-10-13-30-29(17-25)23(2)33(26-15-16-44-19-26)39(30)28-7-5-4-6-8-28/h9-19,28H,3-8,20-22H2,1-2H3,(H,37,43)(H,38,42)(H,40,41)/b14-11+. The van der Waals surface area contributed by atoms with Crippen molar-refractivity contribution in [2.45, 2.75) is 57.5 Å². The second-order valence-electron chi connectivity index (χ2n) is 12.0. The molecular formula is C36H39N3O8. The second-order valence-corrected chi connectivity index (χ2v) is 12.0. The van der Waals surface area contributed by atoms with Crippen LogP contribution in [0.25, 0.3) is 28.2 Å². The second kappa shape index (κ2) is 13.9. The van der Waals surface area contributed by atoms with Gasteiger partial charge >= 0.3 is 5.97 Å². The molecule has 11 heteroatoms. The molecule has 3 N–H and O–H groups in total.